The molecule has 1 aromatic carbocycles. The van der Waals surface area contributed by atoms with Gasteiger partial charge in [0.25, 0.3) is 0 Å². The van der Waals surface area contributed by atoms with E-state index in [4.69, 9.17) is 22.1 Å². The predicted molar refractivity (Wildman–Crippen MR) is 72.0 cm³/mol. The molecule has 0 heterocycles. The van der Waals surface area contributed by atoms with Crippen molar-refractivity contribution < 1.29 is 4.74 Å². The normalized spacial score (nSPS) is 23.8. The second kappa shape index (κ2) is 5.15. The van der Waals surface area contributed by atoms with Crippen molar-refractivity contribution in [2.24, 2.45) is 5.73 Å². The molecule has 1 fully saturated rings. The van der Waals surface area contributed by atoms with Crippen molar-refractivity contribution in [3.8, 4) is 5.75 Å². The van der Waals surface area contributed by atoms with E-state index in [0.717, 1.165) is 41.3 Å². The topological polar surface area (TPSA) is 47.3 Å². The lowest BCUT2D eigenvalue weighted by Gasteiger charge is -2.17. The molecule has 2 atom stereocenters. The van der Waals surface area contributed by atoms with Crippen LogP contribution < -0.4 is 15.8 Å². The van der Waals surface area contributed by atoms with Crippen LogP contribution in [0.15, 0.2) is 12.1 Å². The summed E-state index contributed by atoms with van der Waals surface area (Å²) >= 11 is 6.08. The molecule has 1 aromatic rings. The van der Waals surface area contributed by atoms with Crippen molar-refractivity contribution in [3.05, 3.63) is 22.7 Å². The van der Waals surface area contributed by atoms with Crippen molar-refractivity contribution in [1.29, 1.82) is 0 Å². The monoisotopic (exact) mass is 254 g/mol. The summed E-state index contributed by atoms with van der Waals surface area (Å²) in [6.07, 6.45) is 3.23. The van der Waals surface area contributed by atoms with Crippen molar-refractivity contribution in [1.82, 2.24) is 0 Å². The summed E-state index contributed by atoms with van der Waals surface area (Å²) in [4.78, 5) is 0. The van der Waals surface area contributed by atoms with E-state index in [1.165, 1.54) is 0 Å². The van der Waals surface area contributed by atoms with Gasteiger partial charge in [-0.1, -0.05) is 11.6 Å². The van der Waals surface area contributed by atoms with Crippen molar-refractivity contribution in [2.45, 2.75) is 38.3 Å². The first-order valence-electron chi connectivity index (χ1n) is 5.96. The number of benzene rings is 1. The van der Waals surface area contributed by atoms with Crippen LogP contribution in [0.5, 0.6) is 5.75 Å². The van der Waals surface area contributed by atoms with Crippen molar-refractivity contribution in [2.75, 3.05) is 12.4 Å². The number of hydrogen-bond acceptors (Lipinski definition) is 3. The highest BCUT2D eigenvalue weighted by atomic mass is 35.5. The van der Waals surface area contributed by atoms with E-state index in [0.29, 0.717) is 12.1 Å². The Morgan fingerprint density at radius 3 is 2.76 bits per heavy atom. The molecule has 17 heavy (non-hydrogen) atoms. The van der Waals surface area contributed by atoms with Gasteiger partial charge in [0, 0.05) is 23.2 Å². The van der Waals surface area contributed by atoms with E-state index in [2.05, 4.69) is 5.32 Å². The lowest BCUT2D eigenvalue weighted by Crippen LogP contribution is -2.21. The molecule has 0 radical (unpaired) electrons. The second-order valence-electron chi connectivity index (χ2n) is 4.72. The minimum absolute atomic E-state index is 0.326. The molecule has 0 bridgehead atoms. The summed E-state index contributed by atoms with van der Waals surface area (Å²) in [5.74, 6) is 0.793. The summed E-state index contributed by atoms with van der Waals surface area (Å²) in [5, 5.41) is 4.23. The Kier molecular flexibility index (Phi) is 3.79. The number of anilines is 1. The molecule has 0 spiro atoms. The molecule has 94 valence electrons. The Bertz CT molecular complexity index is 409. The van der Waals surface area contributed by atoms with Crippen LogP contribution in [-0.4, -0.2) is 19.2 Å². The Morgan fingerprint density at radius 1 is 1.41 bits per heavy atom. The maximum atomic E-state index is 6.08. The Balaban J connectivity index is 2.17. The fourth-order valence-corrected chi connectivity index (χ4v) is 2.47. The van der Waals surface area contributed by atoms with Gasteiger partial charge in [-0.3, -0.25) is 0 Å². The van der Waals surface area contributed by atoms with Gasteiger partial charge in [0.1, 0.15) is 5.75 Å². The fourth-order valence-electron chi connectivity index (χ4n) is 2.31. The van der Waals surface area contributed by atoms with Gasteiger partial charge in [-0.25, -0.2) is 0 Å². The molecular weight excluding hydrogens is 236 g/mol. The number of methoxy groups -OCH3 is 1. The quantitative estimate of drug-likeness (QED) is 0.872. The summed E-state index contributed by atoms with van der Waals surface area (Å²) in [6.45, 7) is 1.99. The molecule has 2 rings (SSSR count). The van der Waals surface area contributed by atoms with Crippen LogP contribution in [0.1, 0.15) is 24.8 Å². The van der Waals surface area contributed by atoms with Gasteiger partial charge < -0.3 is 15.8 Å². The van der Waals surface area contributed by atoms with Gasteiger partial charge in [-0.15, -0.1) is 0 Å². The molecule has 1 saturated carbocycles. The highest BCUT2D eigenvalue weighted by Gasteiger charge is 2.22. The van der Waals surface area contributed by atoms with Gasteiger partial charge in [0.05, 0.1) is 12.8 Å². The first-order valence-corrected chi connectivity index (χ1v) is 6.34. The first kappa shape index (κ1) is 12.5. The van der Waals surface area contributed by atoms with Crippen LogP contribution in [0.25, 0.3) is 0 Å². The van der Waals surface area contributed by atoms with E-state index < -0.39 is 0 Å². The molecule has 0 amide bonds. The second-order valence-corrected chi connectivity index (χ2v) is 5.12. The smallest absolute Gasteiger partial charge is 0.143 e. The lowest BCUT2D eigenvalue weighted by molar-refractivity contribution is 0.416. The third-order valence-electron chi connectivity index (χ3n) is 3.31. The van der Waals surface area contributed by atoms with Crippen LogP contribution in [-0.2, 0) is 0 Å². The van der Waals surface area contributed by atoms with E-state index in [1.54, 1.807) is 7.11 Å². The standard InChI is InChI=1S/C13H19ClN2O/c1-8-5-12(13(17-2)7-11(8)14)16-10-4-3-9(15)6-10/h5,7,9-10,16H,3-4,6,15H2,1-2H3. The zero-order valence-electron chi connectivity index (χ0n) is 10.3. The molecule has 3 N–H and O–H groups in total. The SMILES string of the molecule is COc1cc(Cl)c(C)cc1NC1CCC(N)C1. The van der Waals surface area contributed by atoms with E-state index in [-0.39, 0.29) is 0 Å². The van der Waals surface area contributed by atoms with Gasteiger partial charge in [0.15, 0.2) is 0 Å². The van der Waals surface area contributed by atoms with Gasteiger partial charge >= 0.3 is 0 Å². The lowest BCUT2D eigenvalue weighted by atomic mass is 10.1. The Morgan fingerprint density at radius 2 is 2.18 bits per heavy atom. The van der Waals surface area contributed by atoms with Crippen LogP contribution in [0.3, 0.4) is 0 Å². The van der Waals surface area contributed by atoms with Crippen molar-refractivity contribution in [3.63, 3.8) is 0 Å². The van der Waals surface area contributed by atoms with Crippen molar-refractivity contribution >= 4 is 17.3 Å². The average molecular weight is 255 g/mol. The number of ether oxygens (including phenoxy) is 1. The minimum Gasteiger partial charge on any atom is -0.495 e. The summed E-state index contributed by atoms with van der Waals surface area (Å²) in [7, 11) is 1.66. The van der Waals surface area contributed by atoms with Gasteiger partial charge in [-0.2, -0.15) is 0 Å². The van der Waals surface area contributed by atoms with Crippen LogP contribution in [0.4, 0.5) is 5.69 Å². The van der Waals surface area contributed by atoms with E-state index in [1.807, 2.05) is 19.1 Å². The molecule has 0 aliphatic heterocycles. The fraction of sp³-hybridized carbons (Fsp3) is 0.538. The third kappa shape index (κ3) is 2.85. The summed E-state index contributed by atoms with van der Waals surface area (Å²) in [6, 6.07) is 4.66. The maximum Gasteiger partial charge on any atom is 0.143 e. The Hall–Kier alpha value is -0.930. The van der Waals surface area contributed by atoms with E-state index in [9.17, 15) is 0 Å². The summed E-state index contributed by atoms with van der Waals surface area (Å²) in [5.41, 5.74) is 7.97. The average Bonchev–Trinajstić information content (AvgIpc) is 2.69. The molecule has 2 unspecified atom stereocenters. The van der Waals surface area contributed by atoms with Crippen LogP contribution in [0, 0.1) is 6.92 Å². The Labute approximate surface area is 107 Å². The number of nitrogens with two attached hydrogens (primary N) is 1. The number of rotatable bonds is 3. The zero-order chi connectivity index (χ0) is 12.4. The number of nitrogens with one attached hydrogen (secondary N) is 1. The van der Waals surface area contributed by atoms with Gasteiger partial charge in [0.2, 0.25) is 0 Å². The molecule has 4 heteroatoms. The van der Waals surface area contributed by atoms with Crippen LogP contribution >= 0.6 is 11.6 Å². The molecule has 1 aliphatic rings. The molecule has 1 aliphatic carbocycles. The van der Waals surface area contributed by atoms with Crippen LogP contribution in [0.2, 0.25) is 5.02 Å². The largest absolute Gasteiger partial charge is 0.495 e. The highest BCUT2D eigenvalue weighted by molar-refractivity contribution is 6.31. The maximum absolute atomic E-state index is 6.08. The predicted octanol–water partition coefficient (Wildman–Crippen LogP) is 2.95. The number of aryl methyl sites for hydroxylation is 1. The molecule has 0 aromatic heterocycles. The number of halogens is 1. The molecular formula is C13H19ClN2O. The molecule has 3 nitrogen and oxygen atoms in total. The zero-order valence-corrected chi connectivity index (χ0v) is 11.1. The molecule has 0 saturated heterocycles. The first-order chi connectivity index (χ1) is 8.10. The van der Waals surface area contributed by atoms with E-state index >= 15 is 0 Å². The summed E-state index contributed by atoms with van der Waals surface area (Å²) < 4.78 is 5.34. The minimum atomic E-state index is 0.326. The third-order valence-corrected chi connectivity index (χ3v) is 3.72. The number of hydrogen-bond donors (Lipinski definition) is 2. The highest BCUT2D eigenvalue weighted by Crippen LogP contribution is 2.33. The van der Waals surface area contributed by atoms with Gasteiger partial charge in [-0.05, 0) is 37.8 Å².